The highest BCUT2D eigenvalue weighted by molar-refractivity contribution is 6.07. The summed E-state index contributed by atoms with van der Waals surface area (Å²) in [7, 11) is 0. The molecule has 12 aliphatic rings. The molecule has 12 saturated heterocycles. The molecule has 13 rings (SSSR count). The zero-order chi connectivity index (χ0) is 96.2. The number of hydrogen-bond acceptors (Lipinski definition) is 28. The molecule has 42 heteroatoms. The average molecular weight is 1890 g/mol. The molecular weight excluding hydrogens is 1740 g/mol. The lowest BCUT2D eigenvalue weighted by atomic mass is 9.78. The van der Waals surface area contributed by atoms with Crippen LogP contribution in [0.4, 0.5) is 0 Å². The Morgan fingerprint density at radius 2 is 0.415 bits per heavy atom. The Hall–Kier alpha value is -9.21. The normalized spacial score (nSPS) is 24.3. The topological polar surface area (TPSA) is 578 Å². The fourth-order valence-electron chi connectivity index (χ4n) is 21.9. The molecule has 0 saturated carbocycles. The van der Waals surface area contributed by atoms with Crippen molar-refractivity contribution >= 4 is 88.7 Å². The van der Waals surface area contributed by atoms with Crippen molar-refractivity contribution in [2.45, 2.75) is 287 Å². The van der Waals surface area contributed by atoms with Gasteiger partial charge in [0.15, 0.2) is 0 Å². The Balaban J connectivity index is 0.703. The van der Waals surface area contributed by atoms with Crippen molar-refractivity contribution in [3.63, 3.8) is 0 Å². The van der Waals surface area contributed by atoms with Crippen LogP contribution in [0.2, 0.25) is 0 Å². The van der Waals surface area contributed by atoms with Crippen LogP contribution in [0.3, 0.4) is 0 Å². The highest BCUT2D eigenvalue weighted by Gasteiger charge is 2.60. The molecule has 1 aromatic carbocycles. The van der Waals surface area contributed by atoms with Crippen LogP contribution in [-0.4, -0.2) is 324 Å². The minimum atomic E-state index is -1.68. The summed E-state index contributed by atoms with van der Waals surface area (Å²) in [6.45, 7) is 16.3. The molecule has 2 unspecified atom stereocenters. The molecule has 0 bridgehead atoms. The van der Waals surface area contributed by atoms with Crippen molar-refractivity contribution in [3.8, 4) is 0 Å². The Morgan fingerprint density at radius 3 is 0.593 bits per heavy atom. The van der Waals surface area contributed by atoms with E-state index in [1.165, 1.54) is 6.92 Å². The maximum absolute atomic E-state index is 16.0. The highest BCUT2D eigenvalue weighted by Crippen LogP contribution is 2.37. The van der Waals surface area contributed by atoms with Gasteiger partial charge in [0.2, 0.25) is 82.7 Å². The molecule has 12 aliphatic heterocycles. The van der Waals surface area contributed by atoms with Gasteiger partial charge in [0.25, 0.3) is 0 Å². The molecule has 12 heterocycles. The number of hydrogen-bond donors (Lipinski definition) is 26. The molecule has 750 valence electrons. The lowest BCUT2D eigenvalue weighted by molar-refractivity contribution is -0.151. The maximum Gasteiger partial charge on any atom is 0.328 e. The minimum absolute atomic E-state index is 0.00303. The number of amides is 14. The van der Waals surface area contributed by atoms with Crippen molar-refractivity contribution < 1.29 is 76.7 Å². The van der Waals surface area contributed by atoms with Crippen molar-refractivity contribution in [2.75, 3.05) is 157 Å². The van der Waals surface area contributed by atoms with E-state index in [2.05, 4.69) is 138 Å². The standard InChI is InChI=1S/C93H152N26O16/c1-62(2)59-66(106-64(5)120)68(121)108-83(13-37-95-38-14-83)71(124)110-85(17-41-97-42-18-85)73(126)112-87(21-45-99-46-22-87)75(128)114-89(25-49-101-50-26-89)77(130)116-91(29-53-103-54-30-91)79(132)118-93(33-57-105-58-34-93)81(134)119-92(31-55-104-56-32-92)80(133)117-90(27-51-102-52-28-90)78(131)115-88(23-47-100-48-24-88)76(129)113-86(19-43-98-44-20-86)74(127)111-84(15-39-96-40-16-84)72(125)109-82(11-35-94-36-12-82)70(123)107-67(60-63(3)4)69(122)135-61-65-9-7-6-8-10-65/h6-10,62-63,66-67,94-105H,11-61H2,1-5H3,(H,106,120)(H,107,123)(H,108,121)(H,109,125)(H,110,124)(H,111,127)(H,112,126)(H,113,129)(H,114,128)(H,115,131)(H,116,130)(H,117,133)(H,118,132)(H,119,134). The summed E-state index contributed by atoms with van der Waals surface area (Å²) in [6, 6.07) is 7.25. The Morgan fingerprint density at radius 1 is 0.244 bits per heavy atom. The second kappa shape index (κ2) is 45.2. The van der Waals surface area contributed by atoms with Gasteiger partial charge < -0.3 is 143 Å². The molecule has 12 fully saturated rings. The zero-order valence-corrected chi connectivity index (χ0v) is 79.8. The van der Waals surface area contributed by atoms with Gasteiger partial charge in [0.05, 0.1) is 0 Å². The molecule has 1 aromatic rings. The summed E-state index contributed by atoms with van der Waals surface area (Å²) in [6.07, 6.45) is 3.01. The van der Waals surface area contributed by atoms with Crippen molar-refractivity contribution in [2.24, 2.45) is 11.8 Å². The third kappa shape index (κ3) is 24.0. The molecule has 0 aromatic heterocycles. The van der Waals surface area contributed by atoms with E-state index in [0.717, 1.165) is 5.56 Å². The third-order valence-electron chi connectivity index (χ3n) is 30.9. The lowest BCUT2D eigenvalue weighted by Crippen LogP contribution is -2.77. The number of ether oxygens (including phenoxy) is 1. The van der Waals surface area contributed by atoms with Crippen LogP contribution < -0.4 is 138 Å². The summed E-state index contributed by atoms with van der Waals surface area (Å²) < 4.78 is 5.76. The van der Waals surface area contributed by atoms with Crippen molar-refractivity contribution in [1.29, 1.82) is 0 Å². The monoisotopic (exact) mass is 1890 g/mol. The van der Waals surface area contributed by atoms with E-state index < -0.39 is 167 Å². The van der Waals surface area contributed by atoms with E-state index in [9.17, 15) is 19.2 Å². The second-order valence-electron chi connectivity index (χ2n) is 41.1. The van der Waals surface area contributed by atoms with Gasteiger partial charge in [0.1, 0.15) is 85.2 Å². The number of rotatable bonds is 34. The van der Waals surface area contributed by atoms with Crippen LogP contribution in [0.5, 0.6) is 0 Å². The number of nitrogens with one attached hydrogen (secondary N) is 26. The van der Waals surface area contributed by atoms with Gasteiger partial charge in [-0.25, -0.2) is 4.79 Å². The lowest BCUT2D eigenvalue weighted by Gasteiger charge is -2.48. The van der Waals surface area contributed by atoms with E-state index in [0.29, 0.717) is 85.0 Å². The van der Waals surface area contributed by atoms with Crippen LogP contribution >= 0.6 is 0 Å². The summed E-state index contributed by atoms with van der Waals surface area (Å²) in [5, 5.41) is 83.5. The quantitative estimate of drug-likeness (QED) is 0.0285. The minimum Gasteiger partial charge on any atom is -0.459 e. The van der Waals surface area contributed by atoms with E-state index in [4.69, 9.17) is 4.74 Å². The number of carbonyl (C=O) groups is 15. The van der Waals surface area contributed by atoms with Crippen LogP contribution in [0, 0.1) is 11.8 Å². The predicted molar refractivity (Wildman–Crippen MR) is 500 cm³/mol. The first kappa shape index (κ1) is 103. The van der Waals surface area contributed by atoms with Gasteiger partial charge >= 0.3 is 5.97 Å². The Kier molecular flexibility index (Phi) is 34.5. The molecule has 0 aliphatic carbocycles. The van der Waals surface area contributed by atoms with Gasteiger partial charge in [-0.3, -0.25) is 67.1 Å². The molecule has 0 spiro atoms. The van der Waals surface area contributed by atoms with Crippen molar-refractivity contribution in [3.05, 3.63) is 35.9 Å². The summed E-state index contributed by atoms with van der Waals surface area (Å²) in [4.78, 5) is 229. The average Bonchev–Trinajstić information content (AvgIpc) is 0.756. The molecule has 14 amide bonds. The van der Waals surface area contributed by atoms with Crippen LogP contribution in [0.15, 0.2) is 30.3 Å². The van der Waals surface area contributed by atoms with Gasteiger partial charge in [0, 0.05) is 6.92 Å². The van der Waals surface area contributed by atoms with Crippen LogP contribution in [0.25, 0.3) is 0 Å². The summed E-state index contributed by atoms with van der Waals surface area (Å²) in [5.74, 6) is -9.05. The largest absolute Gasteiger partial charge is 0.459 e. The Bertz CT molecular complexity index is 4310. The molecule has 2 atom stereocenters. The molecule has 42 nitrogen and oxygen atoms in total. The van der Waals surface area contributed by atoms with Gasteiger partial charge in [-0.2, -0.15) is 0 Å². The van der Waals surface area contributed by atoms with E-state index in [-0.39, 0.29) is 258 Å². The fourth-order valence-corrected chi connectivity index (χ4v) is 21.9. The Labute approximate surface area is 791 Å². The number of esters is 1. The first-order valence-corrected chi connectivity index (χ1v) is 49.9. The van der Waals surface area contributed by atoms with E-state index >= 15 is 52.7 Å². The predicted octanol–water partition coefficient (Wildman–Crippen LogP) is -6.33. The SMILES string of the molecule is CC(=O)NC(CC(C)C)C(=O)NC1(C(=O)NC2(C(=O)NC3(C(=O)NC4(C(=O)NC5(C(=O)NC6(C(=O)NC7(C(=O)NC8(C(=O)NC9(C(=O)NC%10(C(=O)NC%11(C(=O)NC%12(C(=O)NC(CC(C)C)C(=O)OCc%13ccccc%13)CCNCC%12)CCNCC%11)CCNCC%10)CCNCC9)CCNCC8)CCNCC7)CCNCC6)CCNCC5)CCNCC4)CCNCC3)CCNCC2)CCNCC1. The number of benzene rings is 1. The third-order valence-corrected chi connectivity index (χ3v) is 30.9. The highest BCUT2D eigenvalue weighted by atomic mass is 16.5. The van der Waals surface area contributed by atoms with E-state index in [1.807, 2.05) is 58.0 Å². The molecule has 135 heavy (non-hydrogen) atoms. The molecular formula is C93H152N26O16. The molecule has 26 N–H and O–H groups in total. The van der Waals surface area contributed by atoms with Crippen LogP contribution in [0.1, 0.15) is 207 Å². The summed E-state index contributed by atoms with van der Waals surface area (Å²) in [5.41, 5.74) is -18.7. The second-order valence-corrected chi connectivity index (χ2v) is 41.1. The first-order chi connectivity index (χ1) is 64.7. The van der Waals surface area contributed by atoms with E-state index in [1.54, 1.807) is 0 Å². The smallest absolute Gasteiger partial charge is 0.328 e. The van der Waals surface area contributed by atoms with Crippen LogP contribution in [-0.2, 0) is 83.3 Å². The van der Waals surface area contributed by atoms with Gasteiger partial charge in [-0.15, -0.1) is 0 Å². The summed E-state index contributed by atoms with van der Waals surface area (Å²) >= 11 is 0. The maximum atomic E-state index is 16.0. The first-order valence-electron chi connectivity index (χ1n) is 49.9. The van der Waals surface area contributed by atoms with Crippen molar-refractivity contribution in [1.82, 2.24) is 138 Å². The number of piperidine rings is 12. The molecule has 0 radical (unpaired) electrons. The number of carbonyl (C=O) groups excluding carboxylic acids is 15. The fraction of sp³-hybridized carbons (Fsp3) is 0.774. The van der Waals surface area contributed by atoms with Gasteiger partial charge in [-0.1, -0.05) is 58.0 Å². The zero-order valence-electron chi connectivity index (χ0n) is 79.8. The van der Waals surface area contributed by atoms with Gasteiger partial charge in [-0.05, 0) is 341 Å².